The molecule has 2 aromatic heterocycles. The smallest absolute Gasteiger partial charge is 0.0782 e. The fraction of sp³-hybridized carbons (Fsp3) is 0. The maximum absolute atomic E-state index is 2.41. The second-order valence-corrected chi connectivity index (χ2v) is 13.6. The number of fused-ring (bicyclic) bond motifs is 7. The molecule has 230 valence electrons. The average Bonchev–Trinajstić information content (AvgIpc) is 3.71. The van der Waals surface area contributed by atoms with Crippen LogP contribution < -0.4 is 4.90 Å². The van der Waals surface area contributed by atoms with E-state index in [9.17, 15) is 0 Å². The van der Waals surface area contributed by atoms with Crippen LogP contribution in [-0.2, 0) is 0 Å². The van der Waals surface area contributed by atoms with E-state index in [1.54, 1.807) is 0 Å². The molecule has 0 aliphatic carbocycles. The molecule has 0 saturated heterocycles. The van der Waals surface area contributed by atoms with Crippen LogP contribution in [0, 0.1) is 0 Å². The van der Waals surface area contributed by atoms with E-state index in [0.717, 1.165) is 22.7 Å². The first-order chi connectivity index (χ1) is 24.3. The molecule has 49 heavy (non-hydrogen) atoms. The molecule has 0 N–H and O–H groups in total. The van der Waals surface area contributed by atoms with Gasteiger partial charge in [0.05, 0.1) is 16.7 Å². The molecule has 0 atom stereocenters. The Morgan fingerprint density at radius 2 is 1.10 bits per heavy atom. The topological polar surface area (TPSA) is 8.17 Å². The first-order valence-electron chi connectivity index (χ1n) is 16.7. The van der Waals surface area contributed by atoms with E-state index in [1.807, 2.05) is 11.3 Å². The van der Waals surface area contributed by atoms with E-state index in [1.165, 1.54) is 63.9 Å². The van der Waals surface area contributed by atoms with Crippen LogP contribution in [0.15, 0.2) is 182 Å². The summed E-state index contributed by atoms with van der Waals surface area (Å²) in [4.78, 5) is 2.40. The van der Waals surface area contributed by atoms with Gasteiger partial charge in [0.25, 0.3) is 0 Å². The minimum Gasteiger partial charge on any atom is -0.308 e. The summed E-state index contributed by atoms with van der Waals surface area (Å²) in [5, 5.41) is 7.69. The lowest BCUT2D eigenvalue weighted by molar-refractivity contribution is 1.17. The van der Waals surface area contributed by atoms with Crippen molar-refractivity contribution in [3.63, 3.8) is 0 Å². The minimum absolute atomic E-state index is 1.11. The van der Waals surface area contributed by atoms with Gasteiger partial charge in [-0.3, -0.25) is 0 Å². The third-order valence-electron chi connectivity index (χ3n) is 9.76. The second-order valence-electron chi connectivity index (χ2n) is 12.6. The molecule has 8 aromatic carbocycles. The lowest BCUT2D eigenvalue weighted by atomic mass is 9.96. The second kappa shape index (κ2) is 11.2. The lowest BCUT2D eigenvalue weighted by Crippen LogP contribution is -2.11. The standard InChI is InChI=1S/C46H30N2S/c1-3-14-33(15-4-1)47(43-23-12-21-39-37-18-7-9-22-42(37)48(46(39)43)34-16-5-2-6-17-34)35-27-25-31(26-28-35)36-20-11-13-32-29-45-41(30-40(32)36)38-19-8-10-24-44(38)49-45/h1-30H. The van der Waals surface area contributed by atoms with Crippen LogP contribution >= 0.6 is 11.3 Å². The molecule has 0 aliphatic rings. The Bertz CT molecular complexity index is 2810. The van der Waals surface area contributed by atoms with Gasteiger partial charge in [0.1, 0.15) is 0 Å². The number of benzene rings is 8. The van der Waals surface area contributed by atoms with E-state index < -0.39 is 0 Å². The molecule has 0 amide bonds. The quantitative estimate of drug-likeness (QED) is 0.181. The number of anilines is 3. The van der Waals surface area contributed by atoms with Crippen LogP contribution in [-0.4, -0.2) is 4.57 Å². The largest absolute Gasteiger partial charge is 0.308 e. The zero-order valence-corrected chi connectivity index (χ0v) is 27.4. The van der Waals surface area contributed by atoms with E-state index in [2.05, 4.69) is 191 Å². The summed E-state index contributed by atoms with van der Waals surface area (Å²) in [6, 6.07) is 66.1. The predicted octanol–water partition coefficient (Wildman–Crippen LogP) is 13.4. The molecule has 0 aliphatic heterocycles. The monoisotopic (exact) mass is 642 g/mol. The Morgan fingerprint density at radius 3 is 1.94 bits per heavy atom. The molecule has 0 spiro atoms. The Balaban J connectivity index is 1.17. The van der Waals surface area contributed by atoms with Gasteiger partial charge in [0, 0.05) is 48.0 Å². The van der Waals surface area contributed by atoms with Crippen molar-refractivity contribution in [2.75, 3.05) is 4.90 Å². The number of thiophene rings is 1. The molecule has 10 aromatic rings. The van der Waals surface area contributed by atoms with Crippen LogP contribution in [0.25, 0.3) is 69.6 Å². The molecule has 3 heteroatoms. The third-order valence-corrected chi connectivity index (χ3v) is 10.9. The predicted molar refractivity (Wildman–Crippen MR) is 211 cm³/mol. The summed E-state index contributed by atoms with van der Waals surface area (Å²) < 4.78 is 5.08. The number of para-hydroxylation sites is 4. The maximum Gasteiger partial charge on any atom is 0.0782 e. The summed E-state index contributed by atoms with van der Waals surface area (Å²) >= 11 is 1.87. The molecular weight excluding hydrogens is 613 g/mol. The number of hydrogen-bond acceptors (Lipinski definition) is 2. The van der Waals surface area contributed by atoms with Gasteiger partial charge in [-0.15, -0.1) is 11.3 Å². The fourth-order valence-corrected chi connectivity index (χ4v) is 8.70. The van der Waals surface area contributed by atoms with E-state index in [-0.39, 0.29) is 0 Å². The molecule has 0 unspecified atom stereocenters. The molecule has 0 fully saturated rings. The highest BCUT2D eigenvalue weighted by molar-refractivity contribution is 7.25. The van der Waals surface area contributed by atoms with Crippen LogP contribution in [0.2, 0.25) is 0 Å². The Hall–Kier alpha value is -6.16. The highest BCUT2D eigenvalue weighted by Gasteiger charge is 2.21. The van der Waals surface area contributed by atoms with Crippen molar-refractivity contribution in [3.05, 3.63) is 182 Å². The van der Waals surface area contributed by atoms with E-state index in [4.69, 9.17) is 0 Å². The summed E-state index contributed by atoms with van der Waals surface area (Å²) in [5.74, 6) is 0. The van der Waals surface area contributed by atoms with Crippen molar-refractivity contribution in [2.24, 2.45) is 0 Å². The molecular formula is C46H30N2S. The molecule has 0 bridgehead atoms. The summed E-state index contributed by atoms with van der Waals surface area (Å²) in [7, 11) is 0. The number of nitrogens with zero attached hydrogens (tertiary/aromatic N) is 2. The van der Waals surface area contributed by atoms with Crippen molar-refractivity contribution >= 4 is 81.1 Å². The van der Waals surface area contributed by atoms with E-state index in [0.29, 0.717) is 0 Å². The van der Waals surface area contributed by atoms with Gasteiger partial charge in [-0.1, -0.05) is 115 Å². The molecule has 0 saturated carbocycles. The zero-order chi connectivity index (χ0) is 32.3. The summed E-state index contributed by atoms with van der Waals surface area (Å²) in [6.07, 6.45) is 0. The summed E-state index contributed by atoms with van der Waals surface area (Å²) in [6.45, 7) is 0. The van der Waals surface area contributed by atoms with Gasteiger partial charge in [-0.25, -0.2) is 0 Å². The van der Waals surface area contributed by atoms with Gasteiger partial charge in [-0.2, -0.15) is 0 Å². The Kier molecular flexibility index (Phi) is 6.39. The van der Waals surface area contributed by atoms with Gasteiger partial charge >= 0.3 is 0 Å². The Morgan fingerprint density at radius 1 is 0.429 bits per heavy atom. The number of aromatic nitrogens is 1. The third kappa shape index (κ3) is 4.47. The van der Waals surface area contributed by atoms with Crippen molar-refractivity contribution in [3.8, 4) is 16.8 Å². The van der Waals surface area contributed by atoms with Gasteiger partial charge in [0.15, 0.2) is 0 Å². The molecule has 10 rings (SSSR count). The molecule has 0 radical (unpaired) electrons. The van der Waals surface area contributed by atoms with Crippen LogP contribution in [0.1, 0.15) is 0 Å². The van der Waals surface area contributed by atoms with Crippen LogP contribution in [0.3, 0.4) is 0 Å². The van der Waals surface area contributed by atoms with Gasteiger partial charge in [-0.05, 0) is 88.6 Å². The Labute approximate surface area is 288 Å². The van der Waals surface area contributed by atoms with Crippen molar-refractivity contribution in [1.82, 2.24) is 4.57 Å². The number of rotatable bonds is 5. The van der Waals surface area contributed by atoms with E-state index >= 15 is 0 Å². The highest BCUT2D eigenvalue weighted by atomic mass is 32.1. The average molecular weight is 643 g/mol. The molecule has 2 nitrogen and oxygen atoms in total. The van der Waals surface area contributed by atoms with Crippen molar-refractivity contribution in [2.45, 2.75) is 0 Å². The highest BCUT2D eigenvalue weighted by Crippen LogP contribution is 2.44. The zero-order valence-electron chi connectivity index (χ0n) is 26.6. The maximum atomic E-state index is 2.41. The SMILES string of the molecule is c1ccc(N(c2ccc(-c3cccc4cc5sc6ccccc6c5cc34)cc2)c2cccc3c4ccccc4n(-c4ccccc4)c23)cc1. The van der Waals surface area contributed by atoms with Crippen LogP contribution in [0.4, 0.5) is 17.1 Å². The summed E-state index contributed by atoms with van der Waals surface area (Å²) in [5.41, 5.74) is 9.34. The van der Waals surface area contributed by atoms with Gasteiger partial charge in [0.2, 0.25) is 0 Å². The van der Waals surface area contributed by atoms with Crippen molar-refractivity contribution in [1.29, 1.82) is 0 Å². The lowest BCUT2D eigenvalue weighted by Gasteiger charge is -2.27. The number of hydrogen-bond donors (Lipinski definition) is 0. The first-order valence-corrected chi connectivity index (χ1v) is 17.5. The van der Waals surface area contributed by atoms with Crippen molar-refractivity contribution < 1.29 is 0 Å². The normalized spacial score (nSPS) is 11.7. The molecule has 2 heterocycles. The minimum atomic E-state index is 1.11. The van der Waals surface area contributed by atoms with Crippen LogP contribution in [0.5, 0.6) is 0 Å². The van der Waals surface area contributed by atoms with Gasteiger partial charge < -0.3 is 9.47 Å². The first kappa shape index (κ1) is 27.9. The fourth-order valence-electron chi connectivity index (χ4n) is 7.57.